The molecule has 1 aromatic carbocycles. The van der Waals surface area contributed by atoms with Crippen LogP contribution in [0.5, 0.6) is 0 Å². The number of carbonyl (C=O) groups excluding carboxylic acids is 1. The Hall–Kier alpha value is -1.77. The molecule has 29 heavy (non-hydrogen) atoms. The van der Waals surface area contributed by atoms with Crippen LogP contribution in [0.15, 0.2) is 18.2 Å². The number of anilines is 1. The molecule has 3 nitrogen and oxygen atoms in total. The first-order chi connectivity index (χ1) is 13.6. The monoisotopic (exact) mass is 392 g/mol. The lowest BCUT2D eigenvalue weighted by atomic mass is 9.48. The first kappa shape index (κ1) is 19.2. The summed E-state index contributed by atoms with van der Waals surface area (Å²) in [6, 6.07) is 4.61. The molecule has 4 saturated carbocycles. The highest BCUT2D eigenvalue weighted by atomic mass is 16.1. The van der Waals surface area contributed by atoms with E-state index in [-0.39, 0.29) is 11.0 Å². The van der Waals surface area contributed by atoms with Gasteiger partial charge in [0.1, 0.15) is 0 Å². The van der Waals surface area contributed by atoms with Crippen molar-refractivity contribution in [1.29, 1.82) is 0 Å². The molecule has 0 atom stereocenters. The molecule has 4 bridgehead atoms. The Labute approximate surface area is 175 Å². The van der Waals surface area contributed by atoms with Crippen LogP contribution in [0.25, 0.3) is 5.70 Å². The molecule has 4 fully saturated rings. The van der Waals surface area contributed by atoms with E-state index in [1.807, 2.05) is 6.08 Å². The van der Waals surface area contributed by atoms with Crippen LogP contribution in [-0.4, -0.2) is 25.4 Å². The van der Waals surface area contributed by atoms with E-state index in [4.69, 9.17) is 0 Å². The number of rotatable bonds is 3. The fraction of sp³-hybridized carbons (Fsp3) is 0.654. The molecule has 0 aromatic heterocycles. The van der Waals surface area contributed by atoms with Crippen LogP contribution in [-0.2, 0) is 11.2 Å². The van der Waals surface area contributed by atoms with Crippen molar-refractivity contribution in [2.75, 3.05) is 19.0 Å². The molecule has 0 saturated heterocycles. The summed E-state index contributed by atoms with van der Waals surface area (Å²) in [4.78, 5) is 15.9. The highest BCUT2D eigenvalue weighted by Gasteiger charge is 2.54. The fourth-order valence-electron chi connectivity index (χ4n) is 7.40. The van der Waals surface area contributed by atoms with Crippen LogP contribution >= 0.6 is 0 Å². The minimum Gasteiger partial charge on any atom is -0.379 e. The second kappa shape index (κ2) is 6.36. The van der Waals surface area contributed by atoms with E-state index in [1.165, 1.54) is 41.6 Å². The first-order valence-corrected chi connectivity index (χ1v) is 11.5. The van der Waals surface area contributed by atoms with Gasteiger partial charge in [-0.05, 0) is 101 Å². The van der Waals surface area contributed by atoms with Crippen molar-refractivity contribution in [2.45, 2.75) is 71.3 Å². The molecule has 1 aliphatic heterocycles. The number of ketones is 1. The summed E-state index contributed by atoms with van der Waals surface area (Å²) in [7, 11) is 4.19. The van der Waals surface area contributed by atoms with E-state index in [2.05, 4.69) is 57.2 Å². The smallest absolute Gasteiger partial charge is 0.163 e. The van der Waals surface area contributed by atoms with Crippen LogP contribution in [0.1, 0.15) is 69.1 Å². The third-order valence-electron chi connectivity index (χ3n) is 8.14. The molecule has 156 valence electrons. The number of nitrogens with zero attached hydrogens (tertiary/aromatic N) is 1. The van der Waals surface area contributed by atoms with Crippen LogP contribution < -0.4 is 10.2 Å². The molecule has 0 spiro atoms. The van der Waals surface area contributed by atoms with Crippen molar-refractivity contribution in [3.63, 3.8) is 0 Å². The van der Waals surface area contributed by atoms with Gasteiger partial charge < -0.3 is 10.2 Å². The van der Waals surface area contributed by atoms with E-state index in [1.54, 1.807) is 0 Å². The molecule has 0 unspecified atom stereocenters. The Morgan fingerprint density at radius 1 is 1.07 bits per heavy atom. The van der Waals surface area contributed by atoms with E-state index in [9.17, 15) is 4.79 Å². The lowest BCUT2D eigenvalue weighted by Crippen LogP contribution is -2.50. The maximum absolute atomic E-state index is 13.7. The Morgan fingerprint density at radius 3 is 2.21 bits per heavy atom. The number of carbonyl (C=O) groups is 1. The van der Waals surface area contributed by atoms with Crippen molar-refractivity contribution in [3.05, 3.63) is 34.9 Å². The molecular weight excluding hydrogens is 356 g/mol. The lowest BCUT2D eigenvalue weighted by molar-refractivity contribution is -0.138. The Morgan fingerprint density at radius 2 is 1.66 bits per heavy atom. The summed E-state index contributed by atoms with van der Waals surface area (Å²) in [5.41, 5.74) is 6.06. The predicted molar refractivity (Wildman–Crippen MR) is 120 cm³/mol. The minimum absolute atomic E-state index is 0.0351. The minimum atomic E-state index is -0.0692. The Kier molecular flexibility index (Phi) is 4.21. The number of aryl methyl sites for hydroxylation is 1. The highest BCUT2D eigenvalue weighted by Crippen LogP contribution is 2.60. The van der Waals surface area contributed by atoms with E-state index in [0.29, 0.717) is 5.78 Å². The third-order valence-corrected chi connectivity index (χ3v) is 8.14. The molecule has 0 amide bonds. The van der Waals surface area contributed by atoms with E-state index >= 15 is 0 Å². The molecular formula is C26H36N2O. The van der Waals surface area contributed by atoms with E-state index < -0.39 is 0 Å². The van der Waals surface area contributed by atoms with Crippen molar-refractivity contribution in [3.8, 4) is 0 Å². The normalized spacial score (nSPS) is 35.3. The first-order valence-electron chi connectivity index (χ1n) is 11.5. The van der Waals surface area contributed by atoms with Crippen molar-refractivity contribution < 1.29 is 4.79 Å². The van der Waals surface area contributed by atoms with Gasteiger partial charge in [0.05, 0.1) is 0 Å². The lowest BCUT2D eigenvalue weighted by Gasteiger charge is -2.55. The Balaban J connectivity index is 1.54. The third kappa shape index (κ3) is 3.21. The van der Waals surface area contributed by atoms with Gasteiger partial charge in [0.15, 0.2) is 5.78 Å². The maximum Gasteiger partial charge on any atom is 0.163 e. The fourth-order valence-corrected chi connectivity index (χ4v) is 7.40. The van der Waals surface area contributed by atoms with Crippen molar-refractivity contribution in [1.82, 2.24) is 5.32 Å². The van der Waals surface area contributed by atoms with Crippen LogP contribution in [0.2, 0.25) is 0 Å². The number of benzene rings is 1. The average Bonchev–Trinajstić information content (AvgIpc) is 2.58. The highest BCUT2D eigenvalue weighted by molar-refractivity contribution is 6.01. The largest absolute Gasteiger partial charge is 0.379 e. The second-order valence-corrected chi connectivity index (χ2v) is 11.5. The molecule has 1 N–H and O–H groups in total. The molecule has 0 radical (unpaired) electrons. The van der Waals surface area contributed by atoms with Gasteiger partial charge in [-0.15, -0.1) is 0 Å². The van der Waals surface area contributed by atoms with Crippen molar-refractivity contribution in [2.24, 2.45) is 23.2 Å². The Bertz CT molecular complexity index is 857. The SMILES string of the molecule is Cc1cc2c(cc1N(C)C)/C(=C/C(=O)C13CC4CC(CC(C4)C1)C3)NC(C)(C)C2. The zero-order chi connectivity index (χ0) is 20.6. The quantitative estimate of drug-likeness (QED) is 0.725. The summed E-state index contributed by atoms with van der Waals surface area (Å²) < 4.78 is 0. The van der Waals surface area contributed by atoms with Gasteiger partial charge in [-0.1, -0.05) is 6.07 Å². The maximum atomic E-state index is 13.7. The molecule has 4 aliphatic carbocycles. The summed E-state index contributed by atoms with van der Waals surface area (Å²) >= 11 is 0. The number of hydrogen-bond acceptors (Lipinski definition) is 3. The van der Waals surface area contributed by atoms with Gasteiger partial charge in [-0.25, -0.2) is 0 Å². The number of nitrogens with one attached hydrogen (secondary N) is 1. The van der Waals surface area contributed by atoms with Crippen LogP contribution in [0, 0.1) is 30.1 Å². The zero-order valence-electron chi connectivity index (χ0n) is 18.8. The van der Waals surface area contributed by atoms with Crippen molar-refractivity contribution >= 4 is 17.2 Å². The van der Waals surface area contributed by atoms with Gasteiger partial charge in [0.2, 0.25) is 0 Å². The molecule has 6 rings (SSSR count). The molecule has 5 aliphatic rings. The summed E-state index contributed by atoms with van der Waals surface area (Å²) in [5.74, 6) is 2.80. The summed E-state index contributed by atoms with van der Waals surface area (Å²) in [6.07, 6.45) is 10.5. The predicted octanol–water partition coefficient (Wildman–Crippen LogP) is 5.11. The topological polar surface area (TPSA) is 32.3 Å². The summed E-state index contributed by atoms with van der Waals surface area (Å²) in [6.45, 7) is 6.68. The number of fused-ring (bicyclic) bond motifs is 1. The standard InChI is InChI=1S/C26H36N2O/c1-16-6-20-15-25(2,3)27-22(21(20)10-23(16)28(4)5)11-24(29)26-12-17-7-18(13-26)9-19(8-17)14-26/h6,10-11,17-19,27H,7-9,12-15H2,1-5H3/b22-11-. The summed E-state index contributed by atoms with van der Waals surface area (Å²) in [5, 5.41) is 3.72. The number of allylic oxidation sites excluding steroid dienone is 1. The molecule has 1 heterocycles. The van der Waals surface area contributed by atoms with E-state index in [0.717, 1.165) is 49.1 Å². The molecule has 1 aromatic rings. The number of hydrogen-bond donors (Lipinski definition) is 1. The average molecular weight is 393 g/mol. The van der Waals surface area contributed by atoms with Gasteiger partial charge in [0.25, 0.3) is 0 Å². The zero-order valence-corrected chi connectivity index (χ0v) is 18.8. The van der Waals surface area contributed by atoms with Crippen LogP contribution in [0.4, 0.5) is 5.69 Å². The molecule has 3 heteroatoms. The van der Waals surface area contributed by atoms with Crippen LogP contribution in [0.3, 0.4) is 0 Å². The van der Waals surface area contributed by atoms with Gasteiger partial charge in [-0.2, -0.15) is 0 Å². The second-order valence-electron chi connectivity index (χ2n) is 11.5. The van der Waals surface area contributed by atoms with Gasteiger partial charge in [0, 0.05) is 48.1 Å². The van der Waals surface area contributed by atoms with Gasteiger partial charge >= 0.3 is 0 Å². The van der Waals surface area contributed by atoms with Gasteiger partial charge in [-0.3, -0.25) is 4.79 Å².